The molecule has 152 valence electrons. The molecule has 5 rings (SSSR count). The van der Waals surface area contributed by atoms with Gasteiger partial charge in [-0.1, -0.05) is 12.1 Å². The number of amides is 2. The molecule has 0 aliphatic carbocycles. The van der Waals surface area contributed by atoms with Crippen LogP contribution in [0.4, 0.5) is 0 Å². The monoisotopic (exact) mass is 394 g/mol. The van der Waals surface area contributed by atoms with Gasteiger partial charge >= 0.3 is 11.8 Å². The van der Waals surface area contributed by atoms with Gasteiger partial charge in [0.2, 0.25) is 0 Å². The summed E-state index contributed by atoms with van der Waals surface area (Å²) in [7, 11) is 1.96. The molecule has 3 aliphatic heterocycles. The summed E-state index contributed by atoms with van der Waals surface area (Å²) >= 11 is 0. The van der Waals surface area contributed by atoms with Crippen LogP contribution < -0.4 is 0 Å². The van der Waals surface area contributed by atoms with Gasteiger partial charge < -0.3 is 14.9 Å². The molecule has 2 saturated heterocycles. The Bertz CT molecular complexity index is 955. The van der Waals surface area contributed by atoms with Gasteiger partial charge in [0.1, 0.15) is 5.75 Å². The Hall–Kier alpha value is -2.83. The minimum atomic E-state index is -0.435. The molecule has 1 unspecified atom stereocenters. The molecular formula is C22H26N4O3. The van der Waals surface area contributed by atoms with Crippen molar-refractivity contribution in [3.63, 3.8) is 0 Å². The van der Waals surface area contributed by atoms with Crippen LogP contribution in [-0.4, -0.2) is 55.1 Å². The van der Waals surface area contributed by atoms with Gasteiger partial charge in [0.25, 0.3) is 0 Å². The summed E-state index contributed by atoms with van der Waals surface area (Å²) in [6.45, 7) is 0.815. The molecule has 2 bridgehead atoms. The van der Waals surface area contributed by atoms with Crippen molar-refractivity contribution in [2.45, 2.75) is 56.7 Å². The average molecular weight is 394 g/mol. The van der Waals surface area contributed by atoms with E-state index in [9.17, 15) is 14.7 Å². The van der Waals surface area contributed by atoms with Crippen LogP contribution in [0.3, 0.4) is 0 Å². The Kier molecular flexibility index (Phi) is 4.33. The van der Waals surface area contributed by atoms with E-state index in [1.165, 1.54) is 5.69 Å². The van der Waals surface area contributed by atoms with Gasteiger partial charge in [0, 0.05) is 49.0 Å². The number of phenolic OH excluding ortho intramolecular Hbond substituents is 1. The second-order valence-corrected chi connectivity index (χ2v) is 8.54. The lowest BCUT2D eigenvalue weighted by Crippen LogP contribution is -2.53. The van der Waals surface area contributed by atoms with Gasteiger partial charge in [0.15, 0.2) is 0 Å². The van der Waals surface area contributed by atoms with E-state index >= 15 is 0 Å². The maximum absolute atomic E-state index is 13.2. The predicted molar refractivity (Wildman–Crippen MR) is 106 cm³/mol. The molecule has 2 fully saturated rings. The third-order valence-corrected chi connectivity index (χ3v) is 6.96. The maximum Gasteiger partial charge on any atom is 0.312 e. The second kappa shape index (κ2) is 6.90. The summed E-state index contributed by atoms with van der Waals surface area (Å²) in [5, 5.41) is 14.4. The van der Waals surface area contributed by atoms with Crippen LogP contribution in [0.25, 0.3) is 0 Å². The van der Waals surface area contributed by atoms with Crippen molar-refractivity contribution in [3.05, 3.63) is 47.3 Å². The fraction of sp³-hybridized carbons (Fsp3) is 0.500. The number of phenols is 1. The first-order chi connectivity index (χ1) is 14.0. The fourth-order valence-electron chi connectivity index (χ4n) is 5.52. The highest BCUT2D eigenvalue weighted by Gasteiger charge is 2.46. The van der Waals surface area contributed by atoms with E-state index in [2.05, 4.69) is 11.2 Å². The lowest BCUT2D eigenvalue weighted by atomic mass is 9.88. The van der Waals surface area contributed by atoms with E-state index in [0.717, 1.165) is 36.8 Å². The van der Waals surface area contributed by atoms with Crippen LogP contribution in [0, 0.1) is 0 Å². The molecule has 2 aromatic rings. The van der Waals surface area contributed by atoms with E-state index < -0.39 is 5.91 Å². The van der Waals surface area contributed by atoms with Crippen molar-refractivity contribution in [1.29, 1.82) is 0 Å². The summed E-state index contributed by atoms with van der Waals surface area (Å²) in [5.74, 6) is -0.225. The molecule has 0 saturated carbocycles. The molecule has 7 heteroatoms. The molecule has 1 aromatic carbocycles. The number of aromatic nitrogens is 2. The highest BCUT2D eigenvalue weighted by Crippen LogP contribution is 2.43. The summed E-state index contributed by atoms with van der Waals surface area (Å²) in [6, 6.07) is 7.73. The lowest BCUT2D eigenvalue weighted by Gasteiger charge is -2.39. The van der Waals surface area contributed by atoms with Crippen LogP contribution in [0.15, 0.2) is 30.5 Å². The molecule has 0 spiro atoms. The van der Waals surface area contributed by atoms with Crippen molar-refractivity contribution >= 4 is 11.8 Å². The summed E-state index contributed by atoms with van der Waals surface area (Å²) in [4.78, 5) is 29.7. The standard InChI is InChI=1S/C22H26N4O3/c1-24-19(7-9-23-24)15-11-16-5-6-17(12-15)26(16)22(29)21(28)25-10-8-14-3-2-4-20(27)18(14)13-25/h2-4,7,9,15-17,27H,5-6,8,10-13H2,1H3/t15?,16-,17+. The summed E-state index contributed by atoms with van der Waals surface area (Å²) in [6.07, 6.45) is 6.18. The first-order valence-corrected chi connectivity index (χ1v) is 10.4. The lowest BCUT2D eigenvalue weighted by molar-refractivity contribution is -0.155. The van der Waals surface area contributed by atoms with E-state index in [1.54, 1.807) is 11.0 Å². The van der Waals surface area contributed by atoms with Gasteiger partial charge in [-0.3, -0.25) is 14.3 Å². The fourth-order valence-corrected chi connectivity index (χ4v) is 5.52. The van der Waals surface area contributed by atoms with Crippen LogP contribution in [0.1, 0.15) is 48.4 Å². The smallest absolute Gasteiger partial charge is 0.312 e. The van der Waals surface area contributed by atoms with Crippen molar-refractivity contribution < 1.29 is 14.7 Å². The van der Waals surface area contributed by atoms with E-state index in [4.69, 9.17) is 0 Å². The van der Waals surface area contributed by atoms with E-state index in [1.807, 2.05) is 35.0 Å². The Morgan fingerprint density at radius 3 is 2.55 bits per heavy atom. The number of nitrogens with zero attached hydrogens (tertiary/aromatic N) is 4. The van der Waals surface area contributed by atoms with Gasteiger partial charge in [-0.15, -0.1) is 0 Å². The third-order valence-electron chi connectivity index (χ3n) is 6.96. The Balaban J connectivity index is 1.31. The summed E-state index contributed by atoms with van der Waals surface area (Å²) in [5.41, 5.74) is 3.03. The molecule has 3 aliphatic rings. The number of aryl methyl sites for hydroxylation is 1. The van der Waals surface area contributed by atoms with Crippen molar-refractivity contribution in [2.75, 3.05) is 6.54 Å². The molecule has 0 radical (unpaired) electrons. The zero-order valence-electron chi connectivity index (χ0n) is 16.6. The van der Waals surface area contributed by atoms with E-state index in [-0.39, 0.29) is 23.7 Å². The minimum Gasteiger partial charge on any atom is -0.508 e. The zero-order chi connectivity index (χ0) is 20.1. The molecule has 7 nitrogen and oxygen atoms in total. The van der Waals surface area contributed by atoms with Gasteiger partial charge in [-0.05, 0) is 49.8 Å². The number of benzene rings is 1. The quantitative estimate of drug-likeness (QED) is 0.750. The van der Waals surface area contributed by atoms with Gasteiger partial charge in [0.05, 0.1) is 6.54 Å². The first-order valence-electron chi connectivity index (χ1n) is 10.4. The second-order valence-electron chi connectivity index (χ2n) is 8.54. The van der Waals surface area contributed by atoms with Crippen molar-refractivity contribution in [3.8, 4) is 5.75 Å². The van der Waals surface area contributed by atoms with Crippen LogP contribution >= 0.6 is 0 Å². The molecule has 1 N–H and O–H groups in total. The first kappa shape index (κ1) is 18.2. The van der Waals surface area contributed by atoms with E-state index in [0.29, 0.717) is 25.4 Å². The number of rotatable bonds is 1. The summed E-state index contributed by atoms with van der Waals surface area (Å²) < 4.78 is 1.92. The molecule has 2 amide bonds. The SMILES string of the molecule is Cn1nccc1C1C[C@H]2CC[C@@H](C1)N2C(=O)C(=O)N1CCc2cccc(O)c2C1. The Morgan fingerprint density at radius 2 is 1.86 bits per heavy atom. The molecule has 4 heterocycles. The average Bonchev–Trinajstić information content (AvgIpc) is 3.27. The number of piperidine rings is 1. The maximum atomic E-state index is 13.2. The molecule has 29 heavy (non-hydrogen) atoms. The van der Waals surface area contributed by atoms with Crippen molar-refractivity contribution in [1.82, 2.24) is 19.6 Å². The molecule has 3 atom stereocenters. The topological polar surface area (TPSA) is 78.7 Å². The molecule has 1 aromatic heterocycles. The van der Waals surface area contributed by atoms with Gasteiger partial charge in [-0.25, -0.2) is 0 Å². The highest BCUT2D eigenvalue weighted by atomic mass is 16.3. The zero-order valence-corrected chi connectivity index (χ0v) is 16.6. The van der Waals surface area contributed by atoms with Crippen LogP contribution in [-0.2, 0) is 29.6 Å². The number of fused-ring (bicyclic) bond motifs is 3. The van der Waals surface area contributed by atoms with Crippen molar-refractivity contribution in [2.24, 2.45) is 7.05 Å². The predicted octanol–water partition coefficient (Wildman–Crippen LogP) is 1.95. The number of hydrogen-bond acceptors (Lipinski definition) is 4. The number of carbonyl (C=O) groups excluding carboxylic acids is 2. The third kappa shape index (κ3) is 2.99. The number of carbonyl (C=O) groups is 2. The normalized spacial score (nSPS) is 25.8. The van der Waals surface area contributed by atoms with Crippen LogP contribution in [0.5, 0.6) is 5.75 Å². The minimum absolute atomic E-state index is 0.121. The molecular weight excluding hydrogens is 368 g/mol. The number of aromatic hydroxyl groups is 1. The van der Waals surface area contributed by atoms with Crippen LogP contribution in [0.2, 0.25) is 0 Å². The highest BCUT2D eigenvalue weighted by molar-refractivity contribution is 6.35. The largest absolute Gasteiger partial charge is 0.508 e. The number of hydrogen-bond donors (Lipinski definition) is 1. The van der Waals surface area contributed by atoms with Gasteiger partial charge in [-0.2, -0.15) is 5.10 Å². The Labute approximate surface area is 169 Å². The Morgan fingerprint density at radius 1 is 1.10 bits per heavy atom.